The van der Waals surface area contributed by atoms with E-state index in [0.717, 1.165) is 37.7 Å². The molecule has 1 aliphatic heterocycles. The van der Waals surface area contributed by atoms with E-state index in [-0.39, 0.29) is 17.8 Å². The highest BCUT2D eigenvalue weighted by atomic mass is 19.1. The number of hydrogen-bond acceptors (Lipinski definition) is 5. The van der Waals surface area contributed by atoms with Gasteiger partial charge in [0.05, 0.1) is 0 Å². The maximum atomic E-state index is 13.1. The molecular weight excluding hydrogens is 333 g/mol. The summed E-state index contributed by atoms with van der Waals surface area (Å²) in [6.07, 6.45) is 0. The summed E-state index contributed by atoms with van der Waals surface area (Å²) >= 11 is 0. The molecule has 3 rings (SSSR count). The number of rotatable bonds is 4. The predicted octanol–water partition coefficient (Wildman–Crippen LogP) is 2.39. The van der Waals surface area contributed by atoms with Gasteiger partial charge in [0.25, 0.3) is 5.91 Å². The lowest BCUT2D eigenvalue weighted by Gasteiger charge is -2.36. The average Bonchev–Trinajstić information content (AvgIpc) is 2.61. The molecule has 0 unspecified atom stereocenters. The number of amides is 1. The summed E-state index contributed by atoms with van der Waals surface area (Å²) in [7, 11) is 0. The molecule has 2 aromatic rings. The molecule has 1 aliphatic rings. The SMILES string of the molecule is Cc1nc(C(=O)NC(C)C)cc(N2CCN(c3ccc(F)cc3)CC2)n1. The van der Waals surface area contributed by atoms with E-state index in [4.69, 9.17) is 0 Å². The highest BCUT2D eigenvalue weighted by Crippen LogP contribution is 2.20. The lowest BCUT2D eigenvalue weighted by molar-refractivity contribution is 0.0937. The Bertz CT molecular complexity index is 770. The second-order valence-electron chi connectivity index (χ2n) is 6.74. The van der Waals surface area contributed by atoms with Crippen LogP contribution in [-0.2, 0) is 0 Å². The van der Waals surface area contributed by atoms with Gasteiger partial charge in [-0.2, -0.15) is 0 Å². The normalized spacial score (nSPS) is 14.7. The monoisotopic (exact) mass is 357 g/mol. The number of piperazine rings is 1. The number of nitrogens with zero attached hydrogens (tertiary/aromatic N) is 4. The summed E-state index contributed by atoms with van der Waals surface area (Å²) < 4.78 is 13.1. The largest absolute Gasteiger partial charge is 0.368 e. The Hall–Kier alpha value is -2.70. The summed E-state index contributed by atoms with van der Waals surface area (Å²) in [5, 5.41) is 2.86. The van der Waals surface area contributed by atoms with Crippen LogP contribution in [0.4, 0.5) is 15.9 Å². The highest BCUT2D eigenvalue weighted by molar-refractivity contribution is 5.93. The third-order valence-electron chi connectivity index (χ3n) is 4.27. The molecule has 26 heavy (non-hydrogen) atoms. The summed E-state index contributed by atoms with van der Waals surface area (Å²) in [6.45, 7) is 8.80. The fourth-order valence-corrected chi connectivity index (χ4v) is 3.01. The molecule has 2 heterocycles. The first kappa shape index (κ1) is 18.1. The fraction of sp³-hybridized carbons (Fsp3) is 0.421. The van der Waals surface area contributed by atoms with Crippen LogP contribution in [0.15, 0.2) is 30.3 Å². The van der Waals surface area contributed by atoms with Crippen LogP contribution in [0.3, 0.4) is 0 Å². The summed E-state index contributed by atoms with van der Waals surface area (Å²) in [5.41, 5.74) is 1.41. The van der Waals surface area contributed by atoms with E-state index in [1.807, 2.05) is 13.8 Å². The molecule has 0 radical (unpaired) electrons. The van der Waals surface area contributed by atoms with Crippen molar-refractivity contribution >= 4 is 17.4 Å². The second kappa shape index (κ2) is 7.68. The minimum absolute atomic E-state index is 0.0560. The van der Waals surface area contributed by atoms with Gasteiger partial charge >= 0.3 is 0 Å². The lowest BCUT2D eigenvalue weighted by Crippen LogP contribution is -2.47. The Labute approximate surface area is 153 Å². The summed E-state index contributed by atoms with van der Waals surface area (Å²) in [4.78, 5) is 25.4. The van der Waals surface area contributed by atoms with Crippen molar-refractivity contribution in [1.82, 2.24) is 15.3 Å². The summed E-state index contributed by atoms with van der Waals surface area (Å²) in [6, 6.07) is 8.37. The smallest absolute Gasteiger partial charge is 0.270 e. The van der Waals surface area contributed by atoms with E-state index in [2.05, 4.69) is 25.1 Å². The molecule has 7 heteroatoms. The highest BCUT2D eigenvalue weighted by Gasteiger charge is 2.20. The molecule has 6 nitrogen and oxygen atoms in total. The number of benzene rings is 1. The molecule has 0 bridgehead atoms. The van der Waals surface area contributed by atoms with E-state index in [0.29, 0.717) is 11.5 Å². The van der Waals surface area contributed by atoms with Crippen molar-refractivity contribution in [3.63, 3.8) is 0 Å². The van der Waals surface area contributed by atoms with Gasteiger partial charge in [0, 0.05) is 44.0 Å². The van der Waals surface area contributed by atoms with Crippen molar-refractivity contribution in [2.24, 2.45) is 0 Å². The number of hydrogen-bond donors (Lipinski definition) is 1. The third-order valence-corrected chi connectivity index (χ3v) is 4.27. The van der Waals surface area contributed by atoms with E-state index in [9.17, 15) is 9.18 Å². The van der Waals surface area contributed by atoms with Crippen LogP contribution in [0, 0.1) is 12.7 Å². The maximum absolute atomic E-state index is 13.1. The average molecular weight is 357 g/mol. The van der Waals surface area contributed by atoms with E-state index in [1.165, 1.54) is 12.1 Å². The number of nitrogens with one attached hydrogen (secondary N) is 1. The Kier molecular flexibility index (Phi) is 5.35. The third kappa shape index (κ3) is 4.28. The Balaban J connectivity index is 1.70. The number of aryl methyl sites for hydroxylation is 1. The van der Waals surface area contributed by atoms with Crippen LogP contribution in [0.5, 0.6) is 0 Å². The first-order chi connectivity index (χ1) is 12.4. The van der Waals surface area contributed by atoms with Crippen LogP contribution in [0.1, 0.15) is 30.2 Å². The maximum Gasteiger partial charge on any atom is 0.270 e. The van der Waals surface area contributed by atoms with Gasteiger partial charge in [-0.25, -0.2) is 14.4 Å². The number of carbonyl (C=O) groups excluding carboxylic acids is 1. The quantitative estimate of drug-likeness (QED) is 0.910. The van der Waals surface area contributed by atoms with Crippen LogP contribution in [0.2, 0.25) is 0 Å². The minimum atomic E-state index is -0.226. The van der Waals surface area contributed by atoms with Gasteiger partial charge in [-0.3, -0.25) is 4.79 Å². The Morgan fingerprint density at radius 1 is 1.08 bits per heavy atom. The molecule has 0 aliphatic carbocycles. The minimum Gasteiger partial charge on any atom is -0.368 e. The summed E-state index contributed by atoms with van der Waals surface area (Å²) in [5.74, 6) is 0.940. The van der Waals surface area contributed by atoms with Crippen LogP contribution < -0.4 is 15.1 Å². The molecule has 0 atom stereocenters. The van der Waals surface area contributed by atoms with Crippen molar-refractivity contribution in [1.29, 1.82) is 0 Å². The molecule has 1 saturated heterocycles. The van der Waals surface area contributed by atoms with Crippen LogP contribution in [0.25, 0.3) is 0 Å². The van der Waals surface area contributed by atoms with E-state index in [1.54, 1.807) is 25.1 Å². The topological polar surface area (TPSA) is 61.4 Å². The molecule has 1 amide bonds. The zero-order valence-corrected chi connectivity index (χ0v) is 15.4. The zero-order chi connectivity index (χ0) is 18.7. The van der Waals surface area contributed by atoms with Gasteiger partial charge in [0.1, 0.15) is 23.2 Å². The van der Waals surface area contributed by atoms with E-state index >= 15 is 0 Å². The fourth-order valence-electron chi connectivity index (χ4n) is 3.01. The van der Waals surface area contributed by atoms with Gasteiger partial charge < -0.3 is 15.1 Å². The van der Waals surface area contributed by atoms with Crippen molar-refractivity contribution in [2.45, 2.75) is 26.8 Å². The molecule has 0 spiro atoms. The lowest BCUT2D eigenvalue weighted by atomic mass is 10.2. The predicted molar refractivity (Wildman–Crippen MR) is 100 cm³/mol. The van der Waals surface area contributed by atoms with Gasteiger partial charge in [-0.1, -0.05) is 0 Å². The molecule has 0 saturated carbocycles. The Morgan fingerprint density at radius 2 is 1.69 bits per heavy atom. The van der Waals surface area contributed by atoms with E-state index < -0.39 is 0 Å². The number of halogens is 1. The second-order valence-corrected chi connectivity index (χ2v) is 6.74. The van der Waals surface area contributed by atoms with Crippen molar-refractivity contribution in [3.8, 4) is 0 Å². The van der Waals surface area contributed by atoms with Crippen LogP contribution in [-0.4, -0.2) is 48.1 Å². The van der Waals surface area contributed by atoms with Gasteiger partial charge in [0.2, 0.25) is 0 Å². The first-order valence-electron chi connectivity index (χ1n) is 8.84. The molecule has 1 aromatic carbocycles. The van der Waals surface area contributed by atoms with Gasteiger partial charge in [0.15, 0.2) is 0 Å². The Morgan fingerprint density at radius 3 is 2.31 bits per heavy atom. The van der Waals surface area contributed by atoms with Crippen molar-refractivity contribution in [2.75, 3.05) is 36.0 Å². The molecule has 1 N–H and O–H groups in total. The van der Waals surface area contributed by atoms with Crippen molar-refractivity contribution < 1.29 is 9.18 Å². The van der Waals surface area contributed by atoms with Crippen molar-refractivity contribution in [3.05, 3.63) is 47.7 Å². The first-order valence-corrected chi connectivity index (χ1v) is 8.84. The molecule has 138 valence electrons. The molecule has 1 aromatic heterocycles. The number of carbonyl (C=O) groups is 1. The van der Waals surface area contributed by atoms with Crippen LogP contribution >= 0.6 is 0 Å². The molecular formula is C19H24FN5O. The zero-order valence-electron chi connectivity index (χ0n) is 15.4. The number of aromatic nitrogens is 2. The standard InChI is InChI=1S/C19H24FN5O/c1-13(2)21-19(26)17-12-18(23-14(3)22-17)25-10-8-24(9-11-25)16-6-4-15(20)5-7-16/h4-7,12-13H,8-11H2,1-3H3,(H,21,26). The number of anilines is 2. The van der Waals surface area contributed by atoms with Gasteiger partial charge in [-0.05, 0) is 45.0 Å². The van der Waals surface area contributed by atoms with Gasteiger partial charge in [-0.15, -0.1) is 0 Å². The molecule has 1 fully saturated rings.